The first-order valence-electron chi connectivity index (χ1n) is 8.61. The Morgan fingerprint density at radius 2 is 2.21 bits per heavy atom. The highest BCUT2D eigenvalue weighted by Gasteiger charge is 2.22. The zero-order valence-electron chi connectivity index (χ0n) is 15.8. The lowest BCUT2D eigenvalue weighted by Crippen LogP contribution is -2.34. The standard InChI is InChI=1S/C18H21N7O3/c1-4-10(9-19)24(2)17-21-13(15(20)26)14-16(23-17)25(18(27)22-14)11-6-5-7-12(8-11)28-3/h5-10,19H,4H2,1-3H3,(H2,20,26)(H,22,27). The third-order valence-corrected chi connectivity index (χ3v) is 4.49. The lowest BCUT2D eigenvalue weighted by atomic mass is 10.2. The quantitative estimate of drug-likeness (QED) is 0.521. The van der Waals surface area contributed by atoms with E-state index in [1.54, 1.807) is 36.2 Å². The fourth-order valence-corrected chi connectivity index (χ4v) is 2.95. The molecule has 0 radical (unpaired) electrons. The summed E-state index contributed by atoms with van der Waals surface area (Å²) in [5.41, 5.74) is 5.79. The molecular weight excluding hydrogens is 362 g/mol. The number of amides is 1. The maximum atomic E-state index is 12.6. The summed E-state index contributed by atoms with van der Waals surface area (Å²) in [6, 6.07) is 6.62. The van der Waals surface area contributed by atoms with E-state index in [2.05, 4.69) is 15.0 Å². The van der Waals surface area contributed by atoms with Crippen LogP contribution in [0.1, 0.15) is 23.8 Å². The Labute approximate surface area is 160 Å². The smallest absolute Gasteiger partial charge is 0.332 e. The van der Waals surface area contributed by atoms with E-state index >= 15 is 0 Å². The van der Waals surface area contributed by atoms with Crippen molar-refractivity contribution < 1.29 is 9.53 Å². The summed E-state index contributed by atoms with van der Waals surface area (Å²) in [7, 11) is 3.24. The van der Waals surface area contributed by atoms with Crippen molar-refractivity contribution >= 4 is 29.2 Å². The SMILES string of the molecule is CCC(C=N)N(C)c1nc(C(N)=O)c2[nH]c(=O)n(-c3cccc(OC)c3)c2n1. The summed E-state index contributed by atoms with van der Waals surface area (Å²) < 4.78 is 6.55. The van der Waals surface area contributed by atoms with Crippen molar-refractivity contribution in [3.8, 4) is 11.4 Å². The van der Waals surface area contributed by atoms with Gasteiger partial charge in [0, 0.05) is 19.3 Å². The molecule has 4 N–H and O–H groups in total. The first-order valence-corrected chi connectivity index (χ1v) is 8.61. The Bertz CT molecular complexity index is 1100. The van der Waals surface area contributed by atoms with E-state index in [9.17, 15) is 9.59 Å². The van der Waals surface area contributed by atoms with Gasteiger partial charge in [-0.3, -0.25) is 4.79 Å². The summed E-state index contributed by atoms with van der Waals surface area (Å²) in [4.78, 5) is 37.6. The van der Waals surface area contributed by atoms with E-state index in [1.807, 2.05) is 6.92 Å². The Kier molecular flexibility index (Phi) is 5.12. The number of anilines is 1. The third kappa shape index (κ3) is 3.20. The second-order valence-electron chi connectivity index (χ2n) is 6.16. The molecule has 0 bridgehead atoms. The highest BCUT2D eigenvalue weighted by atomic mass is 16.5. The van der Waals surface area contributed by atoms with Gasteiger partial charge in [-0.15, -0.1) is 0 Å². The second-order valence-corrected chi connectivity index (χ2v) is 6.16. The fourth-order valence-electron chi connectivity index (χ4n) is 2.95. The number of methoxy groups -OCH3 is 1. The van der Waals surface area contributed by atoms with Gasteiger partial charge in [-0.25, -0.2) is 14.3 Å². The number of hydrogen-bond donors (Lipinski definition) is 3. The second kappa shape index (κ2) is 7.51. The first-order chi connectivity index (χ1) is 13.4. The molecule has 0 aliphatic heterocycles. The Hall–Kier alpha value is -3.69. The minimum Gasteiger partial charge on any atom is -0.497 e. The Balaban J connectivity index is 2.31. The van der Waals surface area contributed by atoms with Crippen LogP contribution >= 0.6 is 0 Å². The number of rotatable bonds is 7. The molecule has 28 heavy (non-hydrogen) atoms. The number of hydrogen-bond acceptors (Lipinski definition) is 7. The van der Waals surface area contributed by atoms with Crippen molar-refractivity contribution in [2.24, 2.45) is 5.73 Å². The molecule has 10 nitrogen and oxygen atoms in total. The average Bonchev–Trinajstić information content (AvgIpc) is 3.03. The lowest BCUT2D eigenvalue weighted by molar-refractivity contribution is 0.0997. The molecule has 2 heterocycles. The van der Waals surface area contributed by atoms with E-state index in [0.717, 1.165) is 0 Å². The van der Waals surface area contributed by atoms with E-state index in [-0.39, 0.29) is 28.8 Å². The van der Waals surface area contributed by atoms with E-state index < -0.39 is 11.6 Å². The Morgan fingerprint density at radius 3 is 2.82 bits per heavy atom. The van der Waals surface area contributed by atoms with Gasteiger partial charge < -0.3 is 25.8 Å². The molecule has 10 heteroatoms. The van der Waals surface area contributed by atoms with Crippen LogP contribution in [0.15, 0.2) is 29.1 Å². The number of aromatic nitrogens is 4. The van der Waals surface area contributed by atoms with E-state index in [1.165, 1.54) is 17.9 Å². The van der Waals surface area contributed by atoms with Crippen LogP contribution in [0.2, 0.25) is 0 Å². The number of nitrogens with two attached hydrogens (primary N) is 1. The van der Waals surface area contributed by atoms with Gasteiger partial charge in [0.2, 0.25) is 5.95 Å². The van der Waals surface area contributed by atoms with Crippen LogP contribution in [0.4, 0.5) is 5.95 Å². The van der Waals surface area contributed by atoms with Gasteiger partial charge in [0.05, 0.1) is 18.8 Å². The number of H-pyrrole nitrogens is 1. The van der Waals surface area contributed by atoms with Crippen molar-refractivity contribution in [3.05, 3.63) is 40.4 Å². The number of aromatic amines is 1. The number of imidazole rings is 1. The molecule has 0 saturated heterocycles. The summed E-state index contributed by atoms with van der Waals surface area (Å²) in [5, 5.41) is 7.58. The van der Waals surface area contributed by atoms with Crippen molar-refractivity contribution in [2.75, 3.05) is 19.1 Å². The van der Waals surface area contributed by atoms with Crippen molar-refractivity contribution in [2.45, 2.75) is 19.4 Å². The molecule has 0 aliphatic rings. The van der Waals surface area contributed by atoms with Crippen LogP contribution in [-0.4, -0.2) is 51.8 Å². The van der Waals surface area contributed by atoms with Crippen LogP contribution in [0.3, 0.4) is 0 Å². The maximum absolute atomic E-state index is 12.6. The van der Waals surface area contributed by atoms with Gasteiger partial charge in [-0.05, 0) is 18.6 Å². The van der Waals surface area contributed by atoms with Crippen LogP contribution in [0.5, 0.6) is 5.75 Å². The topological polar surface area (TPSA) is 143 Å². The molecule has 3 rings (SSSR count). The fraction of sp³-hybridized carbons (Fsp3) is 0.278. The molecule has 2 aromatic heterocycles. The normalized spacial score (nSPS) is 12.0. The molecule has 1 amide bonds. The number of carbonyl (C=O) groups is 1. The molecule has 0 aliphatic carbocycles. The molecular formula is C18H21N7O3. The molecule has 1 atom stereocenters. The van der Waals surface area contributed by atoms with Crippen LogP contribution in [0.25, 0.3) is 16.9 Å². The largest absolute Gasteiger partial charge is 0.497 e. The predicted octanol–water partition coefficient (Wildman–Crippen LogP) is 1.08. The minimum atomic E-state index is -0.788. The predicted molar refractivity (Wildman–Crippen MR) is 106 cm³/mol. The summed E-state index contributed by atoms with van der Waals surface area (Å²) >= 11 is 0. The molecule has 0 spiro atoms. The third-order valence-electron chi connectivity index (χ3n) is 4.49. The minimum absolute atomic E-state index is 0.0922. The summed E-state index contributed by atoms with van der Waals surface area (Å²) in [6.45, 7) is 1.92. The molecule has 0 fully saturated rings. The average molecular weight is 383 g/mol. The van der Waals surface area contributed by atoms with Gasteiger partial charge in [-0.1, -0.05) is 13.0 Å². The lowest BCUT2D eigenvalue weighted by Gasteiger charge is -2.24. The number of carbonyl (C=O) groups excluding carboxylic acids is 1. The van der Waals surface area contributed by atoms with Gasteiger partial charge >= 0.3 is 5.69 Å². The van der Waals surface area contributed by atoms with E-state index in [4.69, 9.17) is 15.9 Å². The van der Waals surface area contributed by atoms with Crippen LogP contribution in [-0.2, 0) is 0 Å². The van der Waals surface area contributed by atoms with E-state index in [0.29, 0.717) is 17.9 Å². The number of fused-ring (bicyclic) bond motifs is 1. The summed E-state index contributed by atoms with van der Waals surface area (Å²) in [5.74, 6) is -0.0357. The Morgan fingerprint density at radius 1 is 1.46 bits per heavy atom. The molecule has 0 saturated carbocycles. The zero-order valence-corrected chi connectivity index (χ0v) is 15.8. The number of nitrogens with one attached hydrogen (secondary N) is 2. The monoisotopic (exact) mass is 383 g/mol. The van der Waals surface area contributed by atoms with Gasteiger partial charge in [0.1, 0.15) is 11.3 Å². The first kappa shape index (κ1) is 19.1. The maximum Gasteiger partial charge on any atom is 0.332 e. The van der Waals surface area contributed by atoms with Gasteiger partial charge in [0.15, 0.2) is 11.3 Å². The number of primary amides is 1. The number of nitrogens with zero attached hydrogens (tertiary/aromatic N) is 4. The summed E-state index contributed by atoms with van der Waals surface area (Å²) in [6.07, 6.45) is 1.91. The van der Waals surface area contributed by atoms with Gasteiger partial charge in [-0.2, -0.15) is 4.98 Å². The number of benzene rings is 1. The van der Waals surface area contributed by atoms with Crippen molar-refractivity contribution in [1.82, 2.24) is 19.5 Å². The highest BCUT2D eigenvalue weighted by molar-refractivity contribution is 6.02. The highest BCUT2D eigenvalue weighted by Crippen LogP contribution is 2.22. The number of ether oxygens (including phenoxy) is 1. The van der Waals surface area contributed by atoms with Crippen molar-refractivity contribution in [3.63, 3.8) is 0 Å². The van der Waals surface area contributed by atoms with Gasteiger partial charge in [0.25, 0.3) is 5.91 Å². The van der Waals surface area contributed by atoms with Crippen LogP contribution < -0.4 is 21.1 Å². The molecule has 146 valence electrons. The zero-order chi connectivity index (χ0) is 20.4. The van der Waals surface area contributed by atoms with Crippen LogP contribution in [0, 0.1) is 5.41 Å². The molecule has 3 aromatic rings. The molecule has 1 aromatic carbocycles. The van der Waals surface area contributed by atoms with Crippen molar-refractivity contribution in [1.29, 1.82) is 5.41 Å². The molecule has 1 unspecified atom stereocenters.